The minimum atomic E-state index is -1.82. The van der Waals surface area contributed by atoms with Crippen LogP contribution in [-0.2, 0) is 11.0 Å². The maximum atomic E-state index is 13.4. The molecular formula is C18H31FN4OSi. The molecule has 0 radical (unpaired) electrons. The molecule has 25 heavy (non-hydrogen) atoms. The smallest absolute Gasteiger partial charge is 0.200 e. The highest BCUT2D eigenvalue weighted by Gasteiger charge is 2.44. The summed E-state index contributed by atoms with van der Waals surface area (Å²) < 4.78 is 21.6. The van der Waals surface area contributed by atoms with Gasteiger partial charge in [-0.15, -0.1) is 10.2 Å². The van der Waals surface area contributed by atoms with Crippen LogP contribution in [0.2, 0.25) is 16.6 Å². The predicted octanol–water partition coefficient (Wildman–Crippen LogP) is 4.15. The fraction of sp³-hybridized carbons (Fsp3) is 0.667. The molecule has 0 unspecified atom stereocenters. The second-order valence-corrected chi connectivity index (χ2v) is 13.0. The van der Waals surface area contributed by atoms with Gasteiger partial charge >= 0.3 is 0 Å². The Morgan fingerprint density at radius 3 is 2.32 bits per heavy atom. The lowest BCUT2D eigenvalue weighted by Gasteiger charge is -2.42. The lowest BCUT2D eigenvalue weighted by atomic mass is 10.4. The van der Waals surface area contributed by atoms with Gasteiger partial charge in [0.25, 0.3) is 0 Å². The van der Waals surface area contributed by atoms with Crippen molar-refractivity contribution in [2.45, 2.75) is 64.7 Å². The molecule has 0 amide bonds. The van der Waals surface area contributed by atoms with E-state index in [9.17, 15) is 4.39 Å². The van der Waals surface area contributed by atoms with Gasteiger partial charge in [0.2, 0.25) is 0 Å². The average molecular weight is 367 g/mol. The van der Waals surface area contributed by atoms with Gasteiger partial charge in [0.15, 0.2) is 19.8 Å². The topological polar surface area (TPSA) is 51.5 Å². The van der Waals surface area contributed by atoms with Gasteiger partial charge in [0, 0.05) is 19.3 Å². The summed E-state index contributed by atoms with van der Waals surface area (Å²) >= 11 is 0. The van der Waals surface area contributed by atoms with Crippen LogP contribution in [0, 0.1) is 5.82 Å². The van der Waals surface area contributed by atoms with Gasteiger partial charge in [0.05, 0.1) is 6.54 Å². The molecule has 140 valence electrons. The molecular weight excluding hydrogens is 335 g/mol. The largest absolute Gasteiger partial charge is 0.415 e. The van der Waals surface area contributed by atoms with Crippen molar-refractivity contribution < 1.29 is 8.82 Å². The van der Waals surface area contributed by atoms with Gasteiger partial charge in [-0.2, -0.15) is 0 Å². The Balaban J connectivity index is 1.90. The van der Waals surface area contributed by atoms with Crippen LogP contribution >= 0.6 is 0 Å². The fourth-order valence-corrected chi connectivity index (χ4v) is 9.49. The van der Waals surface area contributed by atoms with Crippen molar-refractivity contribution in [3.05, 3.63) is 30.0 Å². The molecule has 0 aromatic carbocycles. The second kappa shape index (κ2) is 8.38. The van der Waals surface area contributed by atoms with Gasteiger partial charge in [0.1, 0.15) is 5.82 Å². The maximum Gasteiger partial charge on any atom is 0.200 e. The molecule has 2 rings (SSSR count). The van der Waals surface area contributed by atoms with Crippen LogP contribution in [0.25, 0.3) is 5.65 Å². The van der Waals surface area contributed by atoms with E-state index in [4.69, 9.17) is 4.43 Å². The van der Waals surface area contributed by atoms with Crippen LogP contribution in [0.5, 0.6) is 0 Å². The van der Waals surface area contributed by atoms with Gasteiger partial charge in [-0.1, -0.05) is 41.5 Å². The molecule has 0 saturated heterocycles. The second-order valence-electron chi connectivity index (χ2n) is 7.53. The summed E-state index contributed by atoms with van der Waals surface area (Å²) in [6.07, 6.45) is 1.41. The van der Waals surface area contributed by atoms with Crippen molar-refractivity contribution in [1.82, 2.24) is 19.9 Å². The molecule has 0 aliphatic heterocycles. The van der Waals surface area contributed by atoms with Crippen molar-refractivity contribution >= 4 is 14.0 Å². The van der Waals surface area contributed by atoms with Gasteiger partial charge < -0.3 is 9.74 Å². The first-order valence-corrected chi connectivity index (χ1v) is 11.3. The lowest BCUT2D eigenvalue weighted by Crippen LogP contribution is -2.48. The molecule has 0 bridgehead atoms. The normalized spacial score (nSPS) is 12.9. The molecule has 2 aromatic rings. The van der Waals surface area contributed by atoms with Gasteiger partial charge in [-0.05, 0) is 28.8 Å². The number of halogens is 1. The summed E-state index contributed by atoms with van der Waals surface area (Å²) in [6.45, 7) is 15.7. The van der Waals surface area contributed by atoms with E-state index in [1.165, 1.54) is 12.3 Å². The Hall–Kier alpha value is -1.31. The highest BCUT2D eigenvalue weighted by Crippen LogP contribution is 2.41. The molecule has 0 saturated carbocycles. The summed E-state index contributed by atoms with van der Waals surface area (Å²) in [7, 11) is -1.82. The van der Waals surface area contributed by atoms with Crippen molar-refractivity contribution in [3.63, 3.8) is 0 Å². The number of aromatic nitrogens is 3. The van der Waals surface area contributed by atoms with E-state index >= 15 is 0 Å². The van der Waals surface area contributed by atoms with Crippen LogP contribution in [-0.4, -0.2) is 36.1 Å². The van der Waals surface area contributed by atoms with Crippen molar-refractivity contribution in [2.75, 3.05) is 13.2 Å². The number of nitrogens with zero attached hydrogens (tertiary/aromatic N) is 3. The van der Waals surface area contributed by atoms with Gasteiger partial charge in [-0.25, -0.2) is 4.39 Å². The first-order valence-electron chi connectivity index (χ1n) is 9.12. The minimum absolute atomic E-state index is 0.293. The van der Waals surface area contributed by atoms with Crippen LogP contribution < -0.4 is 5.32 Å². The molecule has 0 aliphatic rings. The Morgan fingerprint density at radius 2 is 1.72 bits per heavy atom. The first kappa shape index (κ1) is 20.0. The van der Waals surface area contributed by atoms with Crippen molar-refractivity contribution in [2.24, 2.45) is 0 Å². The number of pyridine rings is 1. The number of hydrogen-bond donors (Lipinski definition) is 1. The summed E-state index contributed by atoms with van der Waals surface area (Å²) in [5.41, 5.74) is 2.39. The average Bonchev–Trinajstić information content (AvgIpc) is 2.92. The zero-order valence-electron chi connectivity index (χ0n) is 16.2. The van der Waals surface area contributed by atoms with Crippen molar-refractivity contribution in [3.8, 4) is 0 Å². The number of hydrogen-bond acceptors (Lipinski definition) is 4. The van der Waals surface area contributed by atoms with E-state index in [2.05, 4.69) is 57.1 Å². The fourth-order valence-electron chi connectivity index (χ4n) is 4.03. The summed E-state index contributed by atoms with van der Waals surface area (Å²) in [5.74, 6) is 0.410. The molecule has 0 aliphatic carbocycles. The maximum absolute atomic E-state index is 13.4. The number of fused-ring (bicyclic) bond motifs is 1. The van der Waals surface area contributed by atoms with Gasteiger partial charge in [-0.3, -0.25) is 4.40 Å². The standard InChI is InChI=1S/C18H31FN4OSi/c1-13(2)25(14(3)4,15(5)6)24-10-9-20-11-18-22-21-17-8-7-16(19)12-23(17)18/h7-8,12-15,20H,9-11H2,1-6H3. The van der Waals surface area contributed by atoms with Crippen LogP contribution in [0.15, 0.2) is 18.3 Å². The Labute approximate surface area is 151 Å². The highest BCUT2D eigenvalue weighted by molar-refractivity contribution is 6.77. The first-order chi connectivity index (χ1) is 11.8. The summed E-state index contributed by atoms with van der Waals surface area (Å²) in [4.78, 5) is 0. The SMILES string of the molecule is CC(C)[Si](OCCNCc1nnc2ccc(F)cn12)(C(C)C)C(C)C. The minimum Gasteiger partial charge on any atom is -0.415 e. The van der Waals surface area contributed by atoms with Crippen LogP contribution in [0.1, 0.15) is 47.4 Å². The van der Waals surface area contributed by atoms with Crippen LogP contribution in [0.3, 0.4) is 0 Å². The monoisotopic (exact) mass is 366 g/mol. The van der Waals surface area contributed by atoms with E-state index in [0.29, 0.717) is 41.2 Å². The molecule has 7 heteroatoms. The third-order valence-electron chi connectivity index (χ3n) is 5.06. The molecule has 0 fully saturated rings. The molecule has 5 nitrogen and oxygen atoms in total. The Kier molecular flexibility index (Phi) is 6.70. The van der Waals surface area contributed by atoms with E-state index in [1.54, 1.807) is 10.5 Å². The zero-order valence-corrected chi connectivity index (χ0v) is 17.2. The number of nitrogens with one attached hydrogen (secondary N) is 1. The van der Waals surface area contributed by atoms with Crippen LogP contribution in [0.4, 0.5) is 4.39 Å². The van der Waals surface area contributed by atoms with E-state index in [0.717, 1.165) is 6.54 Å². The summed E-state index contributed by atoms with van der Waals surface area (Å²) in [5, 5.41) is 11.5. The Morgan fingerprint density at radius 1 is 1.08 bits per heavy atom. The molecule has 2 heterocycles. The molecule has 1 N–H and O–H groups in total. The quantitative estimate of drug-likeness (QED) is 0.535. The highest BCUT2D eigenvalue weighted by atomic mass is 28.4. The molecule has 0 atom stereocenters. The molecule has 0 spiro atoms. The Bertz CT molecular complexity index is 665. The van der Waals surface area contributed by atoms with E-state index in [1.807, 2.05) is 0 Å². The van der Waals surface area contributed by atoms with E-state index in [-0.39, 0.29) is 5.82 Å². The third-order valence-corrected chi connectivity index (χ3v) is 11.2. The number of rotatable bonds is 9. The molecule has 2 aromatic heterocycles. The van der Waals surface area contributed by atoms with Crippen molar-refractivity contribution in [1.29, 1.82) is 0 Å². The zero-order chi connectivity index (χ0) is 18.6. The third kappa shape index (κ3) is 4.27. The lowest BCUT2D eigenvalue weighted by molar-refractivity contribution is 0.275. The summed E-state index contributed by atoms with van der Waals surface area (Å²) in [6, 6.07) is 3.02. The predicted molar refractivity (Wildman–Crippen MR) is 102 cm³/mol. The van der Waals surface area contributed by atoms with E-state index < -0.39 is 8.32 Å².